The van der Waals surface area contributed by atoms with Crippen molar-refractivity contribution < 1.29 is 4.79 Å². The number of benzene rings is 2. The number of halogens is 1. The first-order valence-electron chi connectivity index (χ1n) is 7.31. The molecule has 2 aromatic carbocycles. The summed E-state index contributed by atoms with van der Waals surface area (Å²) < 4.78 is 0. The largest absolute Gasteiger partial charge is 0.305 e. The van der Waals surface area contributed by atoms with Crippen molar-refractivity contribution in [3.8, 4) is 0 Å². The van der Waals surface area contributed by atoms with E-state index in [1.54, 1.807) is 24.3 Å². The van der Waals surface area contributed by atoms with Crippen molar-refractivity contribution in [3.05, 3.63) is 65.2 Å². The summed E-state index contributed by atoms with van der Waals surface area (Å²) >= 11 is 5.91. The molecular formula is C18H18ClNO. The number of anilines is 1. The molecule has 108 valence electrons. The van der Waals surface area contributed by atoms with Gasteiger partial charge >= 0.3 is 0 Å². The molecule has 0 aromatic heterocycles. The third kappa shape index (κ3) is 3.11. The van der Waals surface area contributed by atoms with Gasteiger partial charge in [-0.15, -0.1) is 0 Å². The molecule has 1 amide bonds. The fourth-order valence-electron chi connectivity index (χ4n) is 2.65. The van der Waals surface area contributed by atoms with Gasteiger partial charge in [0.1, 0.15) is 0 Å². The number of nitrogens with zero attached hydrogens (tertiary/aromatic N) is 1. The Morgan fingerprint density at radius 2 is 1.71 bits per heavy atom. The molecule has 21 heavy (non-hydrogen) atoms. The molecule has 0 saturated heterocycles. The van der Waals surface area contributed by atoms with E-state index in [0.717, 1.165) is 5.69 Å². The second-order valence-electron chi connectivity index (χ2n) is 5.60. The number of hydrogen-bond acceptors (Lipinski definition) is 1. The number of hydrogen-bond donors (Lipinski definition) is 0. The maximum Gasteiger partial charge on any atom is 0.258 e. The average molecular weight is 300 g/mol. The Bertz CT molecular complexity index is 619. The third-order valence-electron chi connectivity index (χ3n) is 4.06. The molecule has 0 aliphatic heterocycles. The molecule has 3 heteroatoms. The van der Waals surface area contributed by atoms with Gasteiger partial charge in [0, 0.05) is 22.3 Å². The van der Waals surface area contributed by atoms with E-state index in [-0.39, 0.29) is 11.9 Å². The minimum absolute atomic E-state index is 0.0391. The molecule has 1 fully saturated rings. The van der Waals surface area contributed by atoms with E-state index in [2.05, 4.69) is 6.92 Å². The summed E-state index contributed by atoms with van der Waals surface area (Å²) in [4.78, 5) is 14.8. The standard InChI is InChI=1S/C18H18ClNO/c1-13(14-7-8-14)20(17-5-3-2-4-6-17)18(21)15-9-11-16(19)12-10-15/h2-6,9-14H,7-8H2,1H3/t13-/m1/s1. The lowest BCUT2D eigenvalue weighted by atomic mass is 10.1. The van der Waals surface area contributed by atoms with E-state index in [9.17, 15) is 4.79 Å². The van der Waals surface area contributed by atoms with Crippen molar-refractivity contribution in [2.45, 2.75) is 25.8 Å². The SMILES string of the molecule is C[C@H](C1CC1)N(C(=O)c1ccc(Cl)cc1)c1ccccc1. The quantitative estimate of drug-likeness (QED) is 0.795. The van der Waals surface area contributed by atoms with Crippen molar-refractivity contribution in [2.24, 2.45) is 5.92 Å². The molecule has 0 radical (unpaired) electrons. The molecule has 0 unspecified atom stereocenters. The lowest BCUT2D eigenvalue weighted by Crippen LogP contribution is -2.40. The van der Waals surface area contributed by atoms with Gasteiger partial charge in [-0.1, -0.05) is 29.8 Å². The zero-order valence-electron chi connectivity index (χ0n) is 12.0. The molecule has 1 aliphatic rings. The fourth-order valence-corrected chi connectivity index (χ4v) is 2.77. The topological polar surface area (TPSA) is 20.3 Å². The molecule has 1 saturated carbocycles. The van der Waals surface area contributed by atoms with E-state index in [1.165, 1.54) is 12.8 Å². The average Bonchev–Trinajstić information content (AvgIpc) is 3.34. The van der Waals surface area contributed by atoms with Crippen molar-refractivity contribution in [1.29, 1.82) is 0 Å². The molecule has 0 spiro atoms. The highest BCUT2D eigenvalue weighted by Crippen LogP contribution is 2.37. The molecule has 0 N–H and O–H groups in total. The van der Waals surface area contributed by atoms with Gasteiger partial charge in [0.25, 0.3) is 5.91 Å². The van der Waals surface area contributed by atoms with E-state index in [4.69, 9.17) is 11.6 Å². The zero-order chi connectivity index (χ0) is 14.8. The van der Waals surface area contributed by atoms with Crippen LogP contribution in [0.5, 0.6) is 0 Å². The number of carbonyl (C=O) groups is 1. The molecule has 0 heterocycles. The highest BCUT2D eigenvalue weighted by Gasteiger charge is 2.35. The Morgan fingerprint density at radius 3 is 2.29 bits per heavy atom. The maximum absolute atomic E-state index is 12.9. The smallest absolute Gasteiger partial charge is 0.258 e. The minimum atomic E-state index is 0.0391. The Hall–Kier alpha value is -1.80. The zero-order valence-corrected chi connectivity index (χ0v) is 12.8. The normalized spacial score (nSPS) is 15.5. The molecular weight excluding hydrogens is 282 g/mol. The van der Waals surface area contributed by atoms with Crippen LogP contribution in [0.1, 0.15) is 30.1 Å². The molecule has 1 atom stereocenters. The number of amides is 1. The monoisotopic (exact) mass is 299 g/mol. The predicted octanol–water partition coefficient (Wildman–Crippen LogP) is 4.79. The molecule has 3 rings (SSSR count). The Morgan fingerprint density at radius 1 is 1.10 bits per heavy atom. The van der Waals surface area contributed by atoms with Gasteiger partial charge in [-0.05, 0) is 62.1 Å². The lowest BCUT2D eigenvalue weighted by Gasteiger charge is -2.29. The van der Waals surface area contributed by atoms with E-state index in [0.29, 0.717) is 16.5 Å². The third-order valence-corrected chi connectivity index (χ3v) is 4.31. The Kier molecular flexibility index (Phi) is 3.98. The van der Waals surface area contributed by atoms with Crippen molar-refractivity contribution >= 4 is 23.2 Å². The van der Waals surface area contributed by atoms with Crippen LogP contribution in [-0.4, -0.2) is 11.9 Å². The summed E-state index contributed by atoms with van der Waals surface area (Å²) in [5, 5.41) is 0.646. The lowest BCUT2D eigenvalue weighted by molar-refractivity contribution is 0.0975. The summed E-state index contributed by atoms with van der Waals surface area (Å²) in [6.07, 6.45) is 2.41. The summed E-state index contributed by atoms with van der Waals surface area (Å²) in [5.74, 6) is 0.652. The van der Waals surface area contributed by atoms with Gasteiger partial charge in [0.15, 0.2) is 0 Å². The van der Waals surface area contributed by atoms with E-state index < -0.39 is 0 Å². The van der Waals surface area contributed by atoms with E-state index >= 15 is 0 Å². The van der Waals surface area contributed by atoms with Crippen LogP contribution in [0.4, 0.5) is 5.69 Å². The first-order valence-corrected chi connectivity index (χ1v) is 7.69. The van der Waals surface area contributed by atoms with Crippen LogP contribution >= 0.6 is 11.6 Å². The Labute approximate surface area is 130 Å². The van der Waals surface area contributed by atoms with Crippen LogP contribution in [0.2, 0.25) is 5.02 Å². The van der Waals surface area contributed by atoms with E-state index in [1.807, 2.05) is 35.2 Å². The Balaban J connectivity index is 1.94. The summed E-state index contributed by atoms with van der Waals surface area (Å²) in [6.45, 7) is 2.14. The van der Waals surface area contributed by atoms with Crippen LogP contribution in [-0.2, 0) is 0 Å². The summed E-state index contributed by atoms with van der Waals surface area (Å²) in [6, 6.07) is 17.2. The van der Waals surface area contributed by atoms with Crippen LogP contribution in [0, 0.1) is 5.92 Å². The van der Waals surface area contributed by atoms with Crippen LogP contribution in [0.25, 0.3) is 0 Å². The van der Waals surface area contributed by atoms with Crippen molar-refractivity contribution in [3.63, 3.8) is 0 Å². The molecule has 2 nitrogen and oxygen atoms in total. The predicted molar refractivity (Wildman–Crippen MR) is 86.9 cm³/mol. The van der Waals surface area contributed by atoms with Gasteiger partial charge in [0.05, 0.1) is 0 Å². The maximum atomic E-state index is 12.9. The highest BCUT2D eigenvalue weighted by molar-refractivity contribution is 6.30. The summed E-state index contributed by atoms with van der Waals surface area (Å²) in [5.41, 5.74) is 1.63. The molecule has 2 aromatic rings. The van der Waals surface area contributed by atoms with Crippen molar-refractivity contribution in [1.82, 2.24) is 0 Å². The van der Waals surface area contributed by atoms with Crippen LogP contribution in [0.15, 0.2) is 54.6 Å². The van der Waals surface area contributed by atoms with Crippen molar-refractivity contribution in [2.75, 3.05) is 4.90 Å². The van der Waals surface area contributed by atoms with Gasteiger partial charge < -0.3 is 4.90 Å². The molecule has 1 aliphatic carbocycles. The second-order valence-corrected chi connectivity index (χ2v) is 6.03. The summed E-state index contributed by atoms with van der Waals surface area (Å²) in [7, 11) is 0. The van der Waals surface area contributed by atoms with Gasteiger partial charge in [0.2, 0.25) is 0 Å². The van der Waals surface area contributed by atoms with Gasteiger partial charge in [-0.3, -0.25) is 4.79 Å². The van der Waals surface area contributed by atoms with Crippen LogP contribution in [0.3, 0.4) is 0 Å². The minimum Gasteiger partial charge on any atom is -0.305 e. The van der Waals surface area contributed by atoms with Gasteiger partial charge in [-0.25, -0.2) is 0 Å². The second kappa shape index (κ2) is 5.90. The fraction of sp³-hybridized carbons (Fsp3) is 0.278. The molecule has 0 bridgehead atoms. The van der Waals surface area contributed by atoms with Gasteiger partial charge in [-0.2, -0.15) is 0 Å². The number of rotatable bonds is 4. The first-order chi connectivity index (χ1) is 10.2. The number of para-hydroxylation sites is 1. The van der Waals surface area contributed by atoms with Crippen LogP contribution < -0.4 is 4.90 Å². The number of carbonyl (C=O) groups excluding carboxylic acids is 1. The highest BCUT2D eigenvalue weighted by atomic mass is 35.5. The first kappa shape index (κ1) is 14.2.